The van der Waals surface area contributed by atoms with E-state index in [1.807, 2.05) is 56.3 Å². The number of hydrogen-bond acceptors (Lipinski definition) is 7. The van der Waals surface area contributed by atoms with E-state index in [4.69, 9.17) is 4.52 Å². The van der Waals surface area contributed by atoms with Crippen LogP contribution in [-0.4, -0.2) is 34.4 Å². The summed E-state index contributed by atoms with van der Waals surface area (Å²) in [6.45, 7) is 4.82. The normalized spacial score (nSPS) is 10.6. The third kappa shape index (κ3) is 5.55. The van der Waals surface area contributed by atoms with E-state index in [2.05, 4.69) is 26.0 Å². The first-order valence-corrected chi connectivity index (χ1v) is 9.57. The van der Waals surface area contributed by atoms with E-state index in [0.717, 1.165) is 22.0 Å². The van der Waals surface area contributed by atoms with Gasteiger partial charge >= 0.3 is 0 Å². The second-order valence-electron chi connectivity index (χ2n) is 5.96. The molecule has 0 radical (unpaired) electrons. The molecule has 2 aromatic heterocycles. The summed E-state index contributed by atoms with van der Waals surface area (Å²) in [5.74, 6) is 1.99. The van der Waals surface area contributed by atoms with E-state index in [-0.39, 0.29) is 5.91 Å². The number of benzene rings is 1. The summed E-state index contributed by atoms with van der Waals surface area (Å²) in [6, 6.07) is 13.2. The Morgan fingerprint density at radius 2 is 1.93 bits per heavy atom. The molecule has 7 nitrogen and oxygen atoms in total. The van der Waals surface area contributed by atoms with Crippen molar-refractivity contribution in [2.24, 2.45) is 0 Å². The van der Waals surface area contributed by atoms with Gasteiger partial charge in [-0.05, 0) is 38.1 Å². The predicted molar refractivity (Wildman–Crippen MR) is 105 cm³/mol. The summed E-state index contributed by atoms with van der Waals surface area (Å²) in [5.41, 5.74) is 2.36. The van der Waals surface area contributed by atoms with Crippen LogP contribution in [0.2, 0.25) is 0 Å². The van der Waals surface area contributed by atoms with Crippen LogP contribution in [0.25, 0.3) is 0 Å². The molecule has 0 aliphatic carbocycles. The number of rotatable bonds is 8. The van der Waals surface area contributed by atoms with Crippen molar-refractivity contribution in [1.82, 2.24) is 20.7 Å². The van der Waals surface area contributed by atoms with E-state index >= 15 is 0 Å². The molecule has 140 valence electrons. The molecule has 0 saturated heterocycles. The van der Waals surface area contributed by atoms with Gasteiger partial charge in [-0.2, -0.15) is 5.10 Å². The zero-order chi connectivity index (χ0) is 19.1. The molecule has 0 bridgehead atoms. The number of aromatic nitrogens is 3. The first kappa shape index (κ1) is 18.9. The third-order valence-electron chi connectivity index (χ3n) is 3.69. The Morgan fingerprint density at radius 1 is 1.07 bits per heavy atom. The number of anilines is 1. The summed E-state index contributed by atoms with van der Waals surface area (Å²) in [5, 5.41) is 18.0. The van der Waals surface area contributed by atoms with Gasteiger partial charge in [0.15, 0.2) is 0 Å². The Labute approximate surface area is 161 Å². The minimum atomic E-state index is -0.108. The van der Waals surface area contributed by atoms with Gasteiger partial charge in [0.05, 0.1) is 22.7 Å². The zero-order valence-corrected chi connectivity index (χ0v) is 16.0. The highest BCUT2D eigenvalue weighted by atomic mass is 32.2. The fourth-order valence-corrected chi connectivity index (χ4v) is 3.29. The van der Waals surface area contributed by atoms with Crippen molar-refractivity contribution < 1.29 is 9.32 Å². The molecule has 0 aliphatic heterocycles. The van der Waals surface area contributed by atoms with Gasteiger partial charge in [-0.3, -0.25) is 4.79 Å². The Balaban J connectivity index is 1.51. The fraction of sp³-hybridized carbons (Fsp3) is 0.263. The molecular formula is C19H21N5O2S. The summed E-state index contributed by atoms with van der Waals surface area (Å²) in [6.07, 6.45) is 0. The Morgan fingerprint density at radius 3 is 2.67 bits per heavy atom. The molecule has 0 fully saturated rings. The van der Waals surface area contributed by atoms with Gasteiger partial charge in [-0.1, -0.05) is 17.3 Å². The lowest BCUT2D eigenvalue weighted by Gasteiger charge is -2.10. The van der Waals surface area contributed by atoms with Crippen molar-refractivity contribution in [3.63, 3.8) is 0 Å². The largest absolute Gasteiger partial charge is 0.367 e. The van der Waals surface area contributed by atoms with Crippen LogP contribution in [0.3, 0.4) is 0 Å². The van der Waals surface area contributed by atoms with Gasteiger partial charge in [0.2, 0.25) is 0 Å². The van der Waals surface area contributed by atoms with Crippen LogP contribution in [0.1, 0.15) is 27.5 Å². The average Bonchev–Trinajstić information content (AvgIpc) is 3.10. The number of hydrogen-bond donors (Lipinski definition) is 2. The number of aryl methyl sites for hydroxylation is 2. The predicted octanol–water partition coefficient (Wildman–Crippen LogP) is 3.22. The SMILES string of the molecule is Cc1ccc(NCCNC(=O)c2ccccc2SCc2cc(C)no2)nn1. The molecule has 0 saturated carbocycles. The van der Waals surface area contributed by atoms with E-state index in [1.54, 1.807) is 11.8 Å². The summed E-state index contributed by atoms with van der Waals surface area (Å²) in [4.78, 5) is 13.4. The maximum absolute atomic E-state index is 12.5. The monoisotopic (exact) mass is 383 g/mol. The van der Waals surface area contributed by atoms with E-state index < -0.39 is 0 Å². The van der Waals surface area contributed by atoms with Crippen LogP contribution >= 0.6 is 11.8 Å². The zero-order valence-electron chi connectivity index (χ0n) is 15.2. The van der Waals surface area contributed by atoms with Gasteiger partial charge < -0.3 is 15.2 Å². The number of nitrogens with zero attached hydrogens (tertiary/aromatic N) is 3. The lowest BCUT2D eigenvalue weighted by molar-refractivity contribution is 0.0952. The first-order valence-electron chi connectivity index (χ1n) is 8.58. The van der Waals surface area contributed by atoms with Gasteiger partial charge in [0.25, 0.3) is 5.91 Å². The van der Waals surface area contributed by atoms with Crippen molar-refractivity contribution in [3.05, 3.63) is 65.2 Å². The molecular weight excluding hydrogens is 362 g/mol. The summed E-state index contributed by atoms with van der Waals surface area (Å²) in [7, 11) is 0. The number of carbonyl (C=O) groups is 1. The lowest BCUT2D eigenvalue weighted by Crippen LogP contribution is -2.29. The van der Waals surface area contributed by atoms with Crippen LogP contribution in [0.4, 0.5) is 5.82 Å². The molecule has 0 atom stereocenters. The summed E-state index contributed by atoms with van der Waals surface area (Å²) < 4.78 is 5.22. The second kappa shape index (κ2) is 9.18. The maximum Gasteiger partial charge on any atom is 0.252 e. The van der Waals surface area contributed by atoms with Crippen LogP contribution < -0.4 is 10.6 Å². The van der Waals surface area contributed by atoms with Gasteiger partial charge in [0, 0.05) is 24.1 Å². The fourth-order valence-electron chi connectivity index (χ4n) is 2.37. The number of nitrogens with one attached hydrogen (secondary N) is 2. The Bertz CT molecular complexity index is 895. The van der Waals surface area contributed by atoms with Gasteiger partial charge in [-0.15, -0.1) is 16.9 Å². The van der Waals surface area contributed by atoms with Crippen molar-refractivity contribution in [2.45, 2.75) is 24.5 Å². The van der Waals surface area contributed by atoms with Crippen LogP contribution in [0.5, 0.6) is 0 Å². The van der Waals surface area contributed by atoms with Gasteiger partial charge in [-0.25, -0.2) is 0 Å². The quantitative estimate of drug-likeness (QED) is 0.456. The summed E-state index contributed by atoms with van der Waals surface area (Å²) >= 11 is 1.55. The molecule has 3 rings (SSSR count). The number of amides is 1. The standard InChI is InChI=1S/C19H21N5O2S/c1-13-7-8-18(23-22-13)20-9-10-21-19(25)16-5-3-4-6-17(16)27-12-15-11-14(2)24-26-15/h3-8,11H,9-10,12H2,1-2H3,(H,20,23)(H,21,25). The lowest BCUT2D eigenvalue weighted by atomic mass is 10.2. The Kier molecular flexibility index (Phi) is 6.43. The molecule has 2 heterocycles. The highest BCUT2D eigenvalue weighted by Gasteiger charge is 2.12. The minimum Gasteiger partial charge on any atom is -0.367 e. The van der Waals surface area contributed by atoms with Crippen molar-refractivity contribution in [3.8, 4) is 0 Å². The van der Waals surface area contributed by atoms with E-state index in [1.165, 1.54) is 0 Å². The first-order chi connectivity index (χ1) is 13.1. The minimum absolute atomic E-state index is 0.108. The van der Waals surface area contributed by atoms with Crippen LogP contribution in [0.15, 0.2) is 51.9 Å². The average molecular weight is 383 g/mol. The molecule has 27 heavy (non-hydrogen) atoms. The number of carbonyl (C=O) groups excluding carboxylic acids is 1. The molecule has 0 spiro atoms. The highest BCUT2D eigenvalue weighted by Crippen LogP contribution is 2.26. The molecule has 1 amide bonds. The van der Waals surface area contributed by atoms with Crippen molar-refractivity contribution in [2.75, 3.05) is 18.4 Å². The number of thioether (sulfide) groups is 1. The highest BCUT2D eigenvalue weighted by molar-refractivity contribution is 7.98. The molecule has 2 N–H and O–H groups in total. The Hall–Kier alpha value is -2.87. The van der Waals surface area contributed by atoms with E-state index in [9.17, 15) is 4.79 Å². The van der Waals surface area contributed by atoms with Crippen molar-refractivity contribution in [1.29, 1.82) is 0 Å². The molecule has 0 aliphatic rings. The molecule has 1 aromatic carbocycles. The third-order valence-corrected chi connectivity index (χ3v) is 4.79. The van der Waals surface area contributed by atoms with Crippen molar-refractivity contribution >= 4 is 23.5 Å². The smallest absolute Gasteiger partial charge is 0.252 e. The maximum atomic E-state index is 12.5. The topological polar surface area (TPSA) is 92.9 Å². The molecule has 8 heteroatoms. The van der Waals surface area contributed by atoms with Crippen LogP contribution in [-0.2, 0) is 5.75 Å². The van der Waals surface area contributed by atoms with Crippen LogP contribution in [0, 0.1) is 13.8 Å². The van der Waals surface area contributed by atoms with Gasteiger partial charge in [0.1, 0.15) is 11.6 Å². The molecule has 3 aromatic rings. The van der Waals surface area contributed by atoms with E-state index in [0.29, 0.717) is 30.2 Å². The molecule has 0 unspecified atom stereocenters. The second-order valence-corrected chi connectivity index (χ2v) is 6.98.